The topological polar surface area (TPSA) is 107 Å². The molecule has 0 unspecified atom stereocenters. The monoisotopic (exact) mass is 465 g/mol. The first-order valence-electron chi connectivity index (χ1n) is 12.9. The van der Waals surface area contributed by atoms with Crippen LogP contribution in [0.5, 0.6) is 0 Å². The number of amides is 1. The molecule has 31 heavy (non-hydrogen) atoms. The molecule has 0 aliphatic rings. The molecule has 0 spiro atoms. The Hall–Kier alpha value is -0.420. The number of hydrogen-bond donors (Lipinski definition) is 4. The van der Waals surface area contributed by atoms with E-state index in [0.717, 1.165) is 25.8 Å². The van der Waals surface area contributed by atoms with Gasteiger partial charge in [0.1, 0.15) is 0 Å². The normalized spacial score (nSPS) is 11.1. The maximum atomic E-state index is 11.8. The third-order valence-electron chi connectivity index (χ3n) is 5.36. The fourth-order valence-electron chi connectivity index (χ4n) is 3.52. The molecule has 188 valence electrons. The maximum Gasteiger partial charge on any atom is 0.466 e. The van der Waals surface area contributed by atoms with Gasteiger partial charge in [-0.05, 0) is 12.8 Å². The molecule has 0 rings (SSSR count). The van der Waals surface area contributed by atoms with Gasteiger partial charge in [0.15, 0.2) is 0 Å². The van der Waals surface area contributed by atoms with Crippen molar-refractivity contribution in [3.8, 4) is 0 Å². The van der Waals surface area contributed by atoms with Crippen molar-refractivity contribution < 1.29 is 24.0 Å². The van der Waals surface area contributed by atoms with Gasteiger partial charge in [0.25, 0.3) is 0 Å². The van der Waals surface area contributed by atoms with Crippen LogP contribution in [0, 0.1) is 0 Å². The van der Waals surface area contributed by atoms with E-state index in [9.17, 15) is 4.79 Å². The van der Waals surface area contributed by atoms with Gasteiger partial charge in [-0.25, -0.2) is 4.57 Å². The molecule has 0 saturated heterocycles. The summed E-state index contributed by atoms with van der Waals surface area (Å²) in [6, 6.07) is 0. The van der Waals surface area contributed by atoms with E-state index in [4.69, 9.17) is 19.2 Å². The lowest BCUT2D eigenvalue weighted by molar-refractivity contribution is -0.121. The van der Waals surface area contributed by atoms with Crippen LogP contribution in [0.4, 0.5) is 0 Å². The van der Waals surface area contributed by atoms with Gasteiger partial charge in [0.05, 0.1) is 0 Å². The number of unbranched alkanes of at least 4 members (excludes halogenated alkanes) is 17. The molecule has 6 nitrogen and oxygen atoms in total. The number of hydrogen-bond acceptors (Lipinski definition) is 2. The largest absolute Gasteiger partial charge is 0.466 e. The molecule has 0 radical (unpaired) electrons. The van der Waals surface area contributed by atoms with E-state index < -0.39 is 7.82 Å². The van der Waals surface area contributed by atoms with Crippen molar-refractivity contribution >= 4 is 13.7 Å². The van der Waals surface area contributed by atoms with Gasteiger partial charge in [-0.1, -0.05) is 123 Å². The van der Waals surface area contributed by atoms with Crippen LogP contribution in [0.1, 0.15) is 142 Å². The number of rotatable bonds is 21. The van der Waals surface area contributed by atoms with Gasteiger partial charge < -0.3 is 20.0 Å². The predicted octanol–water partition coefficient (Wildman–Crippen LogP) is 7.02. The zero-order valence-corrected chi connectivity index (χ0v) is 21.3. The summed E-state index contributed by atoms with van der Waals surface area (Å²) in [5, 5.41) is 3.09. The SMILES string of the molecule is CCCCCCCCCCCCNC(=O)CCCCCCCCCCC.O=P(O)(O)O. The maximum absolute atomic E-state index is 11.8. The minimum atomic E-state index is -4.64. The lowest BCUT2D eigenvalue weighted by atomic mass is 10.1. The lowest BCUT2D eigenvalue weighted by Gasteiger charge is -2.06. The fraction of sp³-hybridized carbons (Fsp3) is 0.958. The van der Waals surface area contributed by atoms with Crippen molar-refractivity contribution in [2.24, 2.45) is 0 Å². The van der Waals surface area contributed by atoms with E-state index in [1.165, 1.54) is 109 Å². The molecule has 4 N–H and O–H groups in total. The highest BCUT2D eigenvalue weighted by Gasteiger charge is 2.01. The van der Waals surface area contributed by atoms with Gasteiger partial charge in [0, 0.05) is 13.0 Å². The summed E-state index contributed by atoms with van der Waals surface area (Å²) in [5.41, 5.74) is 0. The molecule has 0 fully saturated rings. The van der Waals surface area contributed by atoms with Gasteiger partial charge in [-0.15, -0.1) is 0 Å². The Morgan fingerprint density at radius 1 is 0.581 bits per heavy atom. The standard InChI is InChI=1S/C24H49NO.H3O4P/c1-3-5-7-9-11-13-15-17-19-21-23-25-24(26)22-20-18-16-14-12-10-8-6-4-2;1-5(2,3)4/h3-23H2,1-2H3,(H,25,26);(H3,1,2,3,4). The molecule has 0 aliphatic heterocycles. The summed E-state index contributed by atoms with van der Waals surface area (Å²) in [6.45, 7) is 5.42. The van der Waals surface area contributed by atoms with E-state index >= 15 is 0 Å². The van der Waals surface area contributed by atoms with Gasteiger partial charge >= 0.3 is 7.82 Å². The second-order valence-electron chi connectivity index (χ2n) is 8.62. The highest BCUT2D eigenvalue weighted by atomic mass is 31.2. The second-order valence-corrected chi connectivity index (χ2v) is 9.65. The Balaban J connectivity index is 0. The zero-order valence-electron chi connectivity index (χ0n) is 20.5. The molecule has 1 amide bonds. The molecule has 0 atom stereocenters. The molecule has 0 bridgehead atoms. The Bertz CT molecular complexity index is 407. The smallest absolute Gasteiger partial charge is 0.356 e. The highest BCUT2D eigenvalue weighted by molar-refractivity contribution is 7.45. The van der Waals surface area contributed by atoms with Crippen LogP contribution in [-0.4, -0.2) is 27.1 Å². The first kappa shape index (κ1) is 32.8. The molecule has 0 aromatic carbocycles. The van der Waals surface area contributed by atoms with Crippen LogP contribution in [0.2, 0.25) is 0 Å². The Kier molecular flexibility index (Phi) is 27.3. The van der Waals surface area contributed by atoms with Crippen LogP contribution < -0.4 is 5.32 Å². The van der Waals surface area contributed by atoms with Crippen LogP contribution in [0.3, 0.4) is 0 Å². The molecular weight excluding hydrogens is 413 g/mol. The number of carbonyl (C=O) groups excluding carboxylic acids is 1. The van der Waals surface area contributed by atoms with E-state index in [1.807, 2.05) is 0 Å². The Morgan fingerprint density at radius 3 is 1.23 bits per heavy atom. The second kappa shape index (κ2) is 25.8. The number of carbonyl (C=O) groups is 1. The van der Waals surface area contributed by atoms with Gasteiger partial charge in [-0.3, -0.25) is 4.79 Å². The average Bonchev–Trinajstić information content (AvgIpc) is 2.69. The number of nitrogens with one attached hydrogen (secondary N) is 1. The molecule has 0 saturated carbocycles. The lowest BCUT2D eigenvalue weighted by Crippen LogP contribution is -2.23. The van der Waals surface area contributed by atoms with Crippen LogP contribution in [0.25, 0.3) is 0 Å². The van der Waals surface area contributed by atoms with Crippen molar-refractivity contribution in [3.63, 3.8) is 0 Å². The summed E-state index contributed by atoms with van der Waals surface area (Å²) in [6.07, 6.45) is 26.1. The summed E-state index contributed by atoms with van der Waals surface area (Å²) in [7, 11) is -4.64. The molecule has 0 aromatic rings. The first-order valence-corrected chi connectivity index (χ1v) is 14.4. The summed E-state index contributed by atoms with van der Waals surface area (Å²) < 4.78 is 8.88. The third kappa shape index (κ3) is 40.5. The molecule has 0 aromatic heterocycles. The average molecular weight is 466 g/mol. The van der Waals surface area contributed by atoms with Crippen molar-refractivity contribution in [3.05, 3.63) is 0 Å². The Morgan fingerprint density at radius 2 is 0.871 bits per heavy atom. The van der Waals surface area contributed by atoms with Crippen molar-refractivity contribution in [2.75, 3.05) is 6.54 Å². The minimum Gasteiger partial charge on any atom is -0.356 e. The third-order valence-corrected chi connectivity index (χ3v) is 5.36. The molecule has 0 aliphatic carbocycles. The zero-order chi connectivity index (χ0) is 23.6. The first-order chi connectivity index (χ1) is 14.8. The fourth-order valence-corrected chi connectivity index (χ4v) is 3.52. The molecule has 7 heteroatoms. The Labute approximate surface area is 192 Å². The van der Waals surface area contributed by atoms with Crippen LogP contribution in [-0.2, 0) is 9.36 Å². The minimum absolute atomic E-state index is 0.267. The van der Waals surface area contributed by atoms with E-state index in [-0.39, 0.29) is 5.91 Å². The summed E-state index contributed by atoms with van der Waals surface area (Å²) >= 11 is 0. The summed E-state index contributed by atoms with van der Waals surface area (Å²) in [5.74, 6) is 0.267. The molecular formula is C24H52NO5P. The van der Waals surface area contributed by atoms with E-state index in [0.29, 0.717) is 0 Å². The number of phosphoric acid groups is 1. The van der Waals surface area contributed by atoms with Crippen LogP contribution in [0.15, 0.2) is 0 Å². The predicted molar refractivity (Wildman–Crippen MR) is 131 cm³/mol. The van der Waals surface area contributed by atoms with E-state index in [1.54, 1.807) is 0 Å². The molecule has 0 heterocycles. The van der Waals surface area contributed by atoms with Crippen molar-refractivity contribution in [1.29, 1.82) is 0 Å². The van der Waals surface area contributed by atoms with Crippen LogP contribution >= 0.6 is 7.82 Å². The quantitative estimate of drug-likeness (QED) is 0.108. The van der Waals surface area contributed by atoms with Gasteiger partial charge in [0.2, 0.25) is 5.91 Å². The van der Waals surface area contributed by atoms with Crippen molar-refractivity contribution in [1.82, 2.24) is 5.32 Å². The highest BCUT2D eigenvalue weighted by Crippen LogP contribution is 2.25. The van der Waals surface area contributed by atoms with Gasteiger partial charge in [-0.2, -0.15) is 0 Å². The summed E-state index contributed by atoms with van der Waals surface area (Å²) in [4.78, 5) is 33.4. The van der Waals surface area contributed by atoms with E-state index in [2.05, 4.69) is 19.2 Å². The van der Waals surface area contributed by atoms with Crippen molar-refractivity contribution in [2.45, 2.75) is 142 Å².